The molecule has 110 valence electrons. The molecule has 4 atom stereocenters. The quantitative estimate of drug-likeness (QED) is 0.913. The summed E-state index contributed by atoms with van der Waals surface area (Å²) in [5, 5.41) is 3.77. The van der Waals surface area contributed by atoms with Gasteiger partial charge in [0.25, 0.3) is 0 Å². The Balaban J connectivity index is 1.59. The van der Waals surface area contributed by atoms with Crippen LogP contribution in [0.15, 0.2) is 24.3 Å². The molecule has 1 saturated carbocycles. The predicted molar refractivity (Wildman–Crippen MR) is 78.1 cm³/mol. The van der Waals surface area contributed by atoms with E-state index in [1.807, 2.05) is 12.1 Å². The summed E-state index contributed by atoms with van der Waals surface area (Å²) in [7, 11) is 0. The van der Waals surface area contributed by atoms with Crippen molar-refractivity contribution < 1.29 is 9.13 Å². The van der Waals surface area contributed by atoms with Gasteiger partial charge in [-0.2, -0.15) is 0 Å². The molecule has 20 heavy (non-hydrogen) atoms. The van der Waals surface area contributed by atoms with Crippen LogP contribution in [0.3, 0.4) is 0 Å². The van der Waals surface area contributed by atoms with Crippen molar-refractivity contribution in [1.29, 1.82) is 0 Å². The minimum atomic E-state index is -0.166. The summed E-state index contributed by atoms with van der Waals surface area (Å²) in [6.07, 6.45) is 2.54. The van der Waals surface area contributed by atoms with Gasteiger partial charge in [0.2, 0.25) is 0 Å². The van der Waals surface area contributed by atoms with Gasteiger partial charge in [-0.1, -0.05) is 26.0 Å². The topological polar surface area (TPSA) is 21.3 Å². The third-order valence-corrected chi connectivity index (χ3v) is 5.02. The van der Waals surface area contributed by atoms with Gasteiger partial charge < -0.3 is 10.1 Å². The Morgan fingerprint density at radius 2 is 2.05 bits per heavy atom. The van der Waals surface area contributed by atoms with Crippen LogP contribution < -0.4 is 5.32 Å². The average Bonchev–Trinajstić information content (AvgIpc) is 2.86. The van der Waals surface area contributed by atoms with Crippen LogP contribution in [-0.2, 0) is 11.2 Å². The van der Waals surface area contributed by atoms with Crippen molar-refractivity contribution in [2.75, 3.05) is 6.61 Å². The van der Waals surface area contributed by atoms with Crippen LogP contribution in [-0.4, -0.2) is 24.8 Å². The second kappa shape index (κ2) is 5.12. The van der Waals surface area contributed by atoms with Gasteiger partial charge in [0.1, 0.15) is 5.82 Å². The standard InChI is InChI=1S/C17H24FNO/c1-11(10-12-4-6-13(18)7-5-12)19-15-14-8-9-20-16(14)17(15,2)3/h4-7,11,14-16,19H,8-10H2,1-3H3. The monoisotopic (exact) mass is 277 g/mol. The molecule has 1 aliphatic heterocycles. The number of hydrogen-bond donors (Lipinski definition) is 1. The Labute approximate surface area is 120 Å². The van der Waals surface area contributed by atoms with E-state index < -0.39 is 0 Å². The third kappa shape index (κ3) is 2.38. The van der Waals surface area contributed by atoms with Crippen molar-refractivity contribution in [3.63, 3.8) is 0 Å². The molecule has 2 aliphatic rings. The number of benzene rings is 1. The molecule has 0 radical (unpaired) electrons. The zero-order valence-electron chi connectivity index (χ0n) is 12.5. The van der Waals surface area contributed by atoms with Crippen LogP contribution in [0.1, 0.15) is 32.8 Å². The number of nitrogens with one attached hydrogen (secondary N) is 1. The molecule has 1 aromatic carbocycles. The first-order valence-electron chi connectivity index (χ1n) is 7.60. The van der Waals surface area contributed by atoms with Crippen molar-refractivity contribution in [1.82, 2.24) is 5.32 Å². The summed E-state index contributed by atoms with van der Waals surface area (Å²) < 4.78 is 18.7. The Bertz CT molecular complexity index is 470. The van der Waals surface area contributed by atoms with Gasteiger partial charge in [-0.15, -0.1) is 0 Å². The van der Waals surface area contributed by atoms with Crippen LogP contribution in [0.2, 0.25) is 0 Å². The van der Waals surface area contributed by atoms with Crippen LogP contribution in [0, 0.1) is 17.2 Å². The largest absolute Gasteiger partial charge is 0.377 e. The molecule has 0 bridgehead atoms. The molecule has 0 spiro atoms. The second-order valence-corrected chi connectivity index (χ2v) is 6.94. The number of ether oxygens (including phenoxy) is 1. The van der Waals surface area contributed by atoms with E-state index in [0.717, 1.165) is 13.0 Å². The molecule has 2 fully saturated rings. The Morgan fingerprint density at radius 3 is 2.75 bits per heavy atom. The van der Waals surface area contributed by atoms with E-state index in [1.54, 1.807) is 0 Å². The zero-order valence-corrected chi connectivity index (χ0v) is 12.5. The molecule has 1 aliphatic carbocycles. The average molecular weight is 277 g/mol. The highest BCUT2D eigenvalue weighted by atomic mass is 19.1. The van der Waals surface area contributed by atoms with E-state index in [4.69, 9.17) is 4.74 Å². The first kappa shape index (κ1) is 14.0. The maximum absolute atomic E-state index is 12.9. The summed E-state index contributed by atoms with van der Waals surface area (Å²) in [5.41, 5.74) is 1.40. The van der Waals surface area contributed by atoms with E-state index in [2.05, 4.69) is 26.1 Å². The lowest BCUT2D eigenvalue weighted by Crippen LogP contribution is -2.67. The molecule has 3 heteroatoms. The minimum Gasteiger partial charge on any atom is -0.377 e. The number of fused-ring (bicyclic) bond motifs is 1. The van der Waals surface area contributed by atoms with Crippen molar-refractivity contribution in [2.24, 2.45) is 11.3 Å². The lowest BCUT2D eigenvalue weighted by molar-refractivity contribution is -0.115. The summed E-state index contributed by atoms with van der Waals surface area (Å²) >= 11 is 0. The fourth-order valence-corrected chi connectivity index (χ4v) is 4.00. The lowest BCUT2D eigenvalue weighted by Gasteiger charge is -2.55. The molecule has 0 amide bonds. The van der Waals surface area contributed by atoms with E-state index in [9.17, 15) is 4.39 Å². The van der Waals surface area contributed by atoms with Gasteiger partial charge in [0, 0.05) is 30.0 Å². The maximum Gasteiger partial charge on any atom is 0.123 e. The van der Waals surface area contributed by atoms with Gasteiger partial charge in [0.05, 0.1) is 6.10 Å². The second-order valence-electron chi connectivity index (χ2n) is 6.94. The van der Waals surface area contributed by atoms with Gasteiger partial charge in [-0.3, -0.25) is 0 Å². The number of hydrogen-bond acceptors (Lipinski definition) is 2. The predicted octanol–water partition coefficient (Wildman–Crippen LogP) is 3.16. The Hall–Kier alpha value is -0.930. The van der Waals surface area contributed by atoms with Gasteiger partial charge >= 0.3 is 0 Å². The van der Waals surface area contributed by atoms with Crippen LogP contribution >= 0.6 is 0 Å². The Kier molecular flexibility index (Phi) is 3.59. The van der Waals surface area contributed by atoms with Crippen LogP contribution in [0.25, 0.3) is 0 Å². The first-order valence-corrected chi connectivity index (χ1v) is 7.60. The molecule has 4 unspecified atom stereocenters. The summed E-state index contributed by atoms with van der Waals surface area (Å²) in [6, 6.07) is 7.76. The Morgan fingerprint density at radius 1 is 1.35 bits per heavy atom. The SMILES string of the molecule is CC(Cc1ccc(F)cc1)NC1C2CCOC2C1(C)C. The third-order valence-electron chi connectivity index (χ3n) is 5.02. The molecular weight excluding hydrogens is 253 g/mol. The normalized spacial score (nSPS) is 32.5. The van der Waals surface area contributed by atoms with Gasteiger partial charge in [-0.05, 0) is 37.5 Å². The van der Waals surface area contributed by atoms with Crippen LogP contribution in [0.4, 0.5) is 4.39 Å². The van der Waals surface area contributed by atoms with Crippen molar-refractivity contribution >= 4 is 0 Å². The van der Waals surface area contributed by atoms with E-state index in [-0.39, 0.29) is 11.2 Å². The molecule has 0 aromatic heterocycles. The molecule has 1 heterocycles. The molecule has 1 saturated heterocycles. The fraction of sp³-hybridized carbons (Fsp3) is 0.647. The van der Waals surface area contributed by atoms with Crippen molar-refractivity contribution in [2.45, 2.75) is 51.8 Å². The fourth-order valence-electron chi connectivity index (χ4n) is 4.00. The number of halogens is 1. The number of rotatable bonds is 4. The smallest absolute Gasteiger partial charge is 0.123 e. The highest BCUT2D eigenvalue weighted by molar-refractivity contribution is 5.18. The van der Waals surface area contributed by atoms with Gasteiger partial charge in [0.15, 0.2) is 0 Å². The van der Waals surface area contributed by atoms with E-state index >= 15 is 0 Å². The molecule has 1 N–H and O–H groups in total. The van der Waals surface area contributed by atoms with E-state index in [0.29, 0.717) is 24.1 Å². The van der Waals surface area contributed by atoms with Gasteiger partial charge in [-0.25, -0.2) is 4.39 Å². The lowest BCUT2D eigenvalue weighted by atomic mass is 9.57. The van der Waals surface area contributed by atoms with Crippen LogP contribution in [0.5, 0.6) is 0 Å². The maximum atomic E-state index is 12.9. The van der Waals surface area contributed by atoms with Crippen molar-refractivity contribution in [3.8, 4) is 0 Å². The zero-order chi connectivity index (χ0) is 14.3. The first-order chi connectivity index (χ1) is 9.48. The highest BCUT2D eigenvalue weighted by Gasteiger charge is 2.59. The molecule has 1 aromatic rings. The molecule has 3 rings (SSSR count). The summed E-state index contributed by atoms with van der Waals surface area (Å²) in [5.74, 6) is 0.501. The summed E-state index contributed by atoms with van der Waals surface area (Å²) in [6.45, 7) is 7.70. The summed E-state index contributed by atoms with van der Waals surface area (Å²) in [4.78, 5) is 0. The van der Waals surface area contributed by atoms with E-state index in [1.165, 1.54) is 24.1 Å². The molecular formula is C17H24FNO. The minimum absolute atomic E-state index is 0.166. The van der Waals surface area contributed by atoms with Crippen molar-refractivity contribution in [3.05, 3.63) is 35.6 Å². The molecule has 2 nitrogen and oxygen atoms in total. The highest BCUT2D eigenvalue weighted by Crippen LogP contribution is 2.52.